The maximum absolute atomic E-state index is 11.2. The van der Waals surface area contributed by atoms with E-state index in [0.29, 0.717) is 6.54 Å². The van der Waals surface area contributed by atoms with E-state index in [9.17, 15) is 4.79 Å². The van der Waals surface area contributed by atoms with Crippen LogP contribution in [-0.2, 0) is 11.3 Å². The zero-order valence-electron chi connectivity index (χ0n) is 10.7. The number of amides is 1. The number of pyridine rings is 1. The number of aromatic nitrogens is 1. The first kappa shape index (κ1) is 19.3. The number of hydrogen-bond donors (Lipinski definition) is 2. The second kappa shape index (κ2) is 8.97. The Morgan fingerprint density at radius 3 is 2.44 bits per heavy atom. The molecule has 1 atom stereocenters. The zero-order chi connectivity index (χ0) is 12.1. The van der Waals surface area contributed by atoms with E-state index in [2.05, 4.69) is 10.3 Å². The van der Waals surface area contributed by atoms with Crippen LogP contribution in [-0.4, -0.2) is 31.0 Å². The number of nitrogens with one attached hydrogen (secondary N) is 1. The number of halogens is 2. The summed E-state index contributed by atoms with van der Waals surface area (Å²) in [5, 5.41) is 2.73. The molecule has 0 saturated carbocycles. The van der Waals surface area contributed by atoms with Gasteiger partial charge in [0.2, 0.25) is 5.91 Å². The summed E-state index contributed by atoms with van der Waals surface area (Å²) >= 11 is 0. The highest BCUT2D eigenvalue weighted by molar-refractivity contribution is 5.85. The molecule has 1 aromatic heterocycles. The summed E-state index contributed by atoms with van der Waals surface area (Å²) in [5.74, 6) is 0.735. The summed E-state index contributed by atoms with van der Waals surface area (Å²) in [4.78, 5) is 17.4. The molecule has 1 aromatic rings. The van der Waals surface area contributed by atoms with Gasteiger partial charge in [-0.25, -0.2) is 4.98 Å². The molecule has 0 bridgehead atoms. The minimum atomic E-state index is -0.478. The van der Waals surface area contributed by atoms with Crippen molar-refractivity contribution in [2.24, 2.45) is 5.73 Å². The number of anilines is 1. The molecule has 0 aliphatic heterocycles. The summed E-state index contributed by atoms with van der Waals surface area (Å²) in [6.45, 7) is 2.11. The van der Waals surface area contributed by atoms with E-state index >= 15 is 0 Å². The monoisotopic (exact) mass is 294 g/mol. The molecular weight excluding hydrogens is 275 g/mol. The Hall–Kier alpha value is -1.04. The molecule has 104 valence electrons. The molecule has 0 spiro atoms. The van der Waals surface area contributed by atoms with Crippen molar-refractivity contribution in [2.45, 2.75) is 19.5 Å². The average Bonchev–Trinajstić information content (AvgIpc) is 2.26. The van der Waals surface area contributed by atoms with Gasteiger partial charge in [0.1, 0.15) is 5.82 Å². The Morgan fingerprint density at radius 2 is 2.06 bits per heavy atom. The summed E-state index contributed by atoms with van der Waals surface area (Å²) < 4.78 is 0. The van der Waals surface area contributed by atoms with Crippen molar-refractivity contribution < 1.29 is 4.79 Å². The number of hydrogen-bond acceptors (Lipinski definition) is 4. The van der Waals surface area contributed by atoms with Crippen LogP contribution in [0.3, 0.4) is 0 Å². The van der Waals surface area contributed by atoms with Crippen molar-refractivity contribution in [1.82, 2.24) is 10.3 Å². The lowest BCUT2D eigenvalue weighted by molar-refractivity contribution is -0.122. The minimum Gasteiger partial charge on any atom is -0.363 e. The van der Waals surface area contributed by atoms with Crippen molar-refractivity contribution >= 4 is 36.5 Å². The Morgan fingerprint density at radius 1 is 1.44 bits per heavy atom. The van der Waals surface area contributed by atoms with Gasteiger partial charge in [0.25, 0.3) is 0 Å². The first-order valence-corrected chi connectivity index (χ1v) is 5.16. The van der Waals surface area contributed by atoms with E-state index < -0.39 is 6.04 Å². The molecule has 1 heterocycles. The maximum atomic E-state index is 11.2. The third kappa shape index (κ3) is 6.05. The van der Waals surface area contributed by atoms with Gasteiger partial charge >= 0.3 is 0 Å². The SMILES string of the molecule is CC(N)C(=O)NCc1ccc(N(C)C)nc1.Cl.Cl. The van der Waals surface area contributed by atoms with Crippen molar-refractivity contribution in [3.8, 4) is 0 Å². The number of carbonyl (C=O) groups excluding carboxylic acids is 1. The molecule has 3 N–H and O–H groups in total. The molecule has 1 amide bonds. The van der Waals surface area contributed by atoms with Crippen LogP contribution in [0, 0.1) is 0 Å². The summed E-state index contributed by atoms with van der Waals surface area (Å²) in [6.07, 6.45) is 1.75. The number of rotatable bonds is 4. The van der Waals surface area contributed by atoms with Crippen LogP contribution in [0.5, 0.6) is 0 Å². The van der Waals surface area contributed by atoms with E-state index in [1.807, 2.05) is 31.1 Å². The standard InChI is InChI=1S/C11H18N4O.2ClH/c1-8(12)11(16)14-7-9-4-5-10(13-6-9)15(2)3;;/h4-6,8H,7,12H2,1-3H3,(H,14,16);2*1H. The van der Waals surface area contributed by atoms with Crippen LogP contribution in [0.2, 0.25) is 0 Å². The van der Waals surface area contributed by atoms with Crippen molar-refractivity contribution in [3.05, 3.63) is 23.9 Å². The van der Waals surface area contributed by atoms with Gasteiger partial charge < -0.3 is 16.0 Å². The fourth-order valence-electron chi connectivity index (χ4n) is 1.14. The predicted molar refractivity (Wildman–Crippen MR) is 78.6 cm³/mol. The summed E-state index contributed by atoms with van der Waals surface area (Å²) in [7, 11) is 3.86. The molecule has 0 aliphatic rings. The quantitative estimate of drug-likeness (QED) is 0.868. The smallest absolute Gasteiger partial charge is 0.236 e. The van der Waals surface area contributed by atoms with Gasteiger partial charge in [0.15, 0.2) is 0 Å². The summed E-state index contributed by atoms with van der Waals surface area (Å²) in [5.41, 5.74) is 6.39. The Kier molecular flexibility index (Phi) is 9.61. The fourth-order valence-corrected chi connectivity index (χ4v) is 1.14. The molecule has 1 rings (SSSR count). The number of nitrogens with zero attached hydrogens (tertiary/aromatic N) is 2. The Labute approximate surface area is 120 Å². The lowest BCUT2D eigenvalue weighted by atomic mass is 10.2. The first-order chi connectivity index (χ1) is 7.50. The molecule has 0 saturated heterocycles. The normalized spacial score (nSPS) is 10.7. The molecule has 0 radical (unpaired) electrons. The van der Waals surface area contributed by atoms with Crippen LogP contribution in [0.15, 0.2) is 18.3 Å². The molecule has 1 unspecified atom stereocenters. The topological polar surface area (TPSA) is 71.2 Å². The van der Waals surface area contributed by atoms with Crippen molar-refractivity contribution in [1.29, 1.82) is 0 Å². The third-order valence-corrected chi connectivity index (χ3v) is 2.15. The van der Waals surface area contributed by atoms with Crippen molar-refractivity contribution in [2.75, 3.05) is 19.0 Å². The van der Waals surface area contributed by atoms with Gasteiger partial charge in [-0.05, 0) is 18.6 Å². The molecule has 0 aliphatic carbocycles. The Balaban J connectivity index is 0. The van der Waals surface area contributed by atoms with Crippen LogP contribution >= 0.6 is 24.8 Å². The molecule has 7 heteroatoms. The van der Waals surface area contributed by atoms with E-state index in [1.54, 1.807) is 13.1 Å². The number of carbonyl (C=O) groups is 1. The zero-order valence-corrected chi connectivity index (χ0v) is 12.3. The van der Waals surface area contributed by atoms with Gasteiger partial charge in [0, 0.05) is 26.8 Å². The molecular formula is C11H20Cl2N4O. The molecule has 0 aromatic carbocycles. The lowest BCUT2D eigenvalue weighted by Crippen LogP contribution is -2.37. The van der Waals surface area contributed by atoms with Crippen LogP contribution in [0.25, 0.3) is 0 Å². The van der Waals surface area contributed by atoms with Crippen LogP contribution in [0.4, 0.5) is 5.82 Å². The van der Waals surface area contributed by atoms with Gasteiger partial charge in [-0.1, -0.05) is 6.07 Å². The highest BCUT2D eigenvalue weighted by atomic mass is 35.5. The predicted octanol–water partition coefficient (Wildman–Crippen LogP) is 0.955. The average molecular weight is 295 g/mol. The lowest BCUT2D eigenvalue weighted by Gasteiger charge is -2.12. The third-order valence-electron chi connectivity index (χ3n) is 2.15. The van der Waals surface area contributed by atoms with E-state index in [-0.39, 0.29) is 30.7 Å². The second-order valence-electron chi connectivity index (χ2n) is 3.93. The number of nitrogens with two attached hydrogens (primary N) is 1. The highest BCUT2D eigenvalue weighted by Crippen LogP contribution is 2.07. The van der Waals surface area contributed by atoms with E-state index in [4.69, 9.17) is 5.73 Å². The van der Waals surface area contributed by atoms with Gasteiger partial charge in [0.05, 0.1) is 6.04 Å². The van der Waals surface area contributed by atoms with E-state index in [0.717, 1.165) is 11.4 Å². The second-order valence-corrected chi connectivity index (χ2v) is 3.93. The minimum absolute atomic E-state index is 0. The summed E-state index contributed by atoms with van der Waals surface area (Å²) in [6, 6.07) is 3.37. The van der Waals surface area contributed by atoms with Gasteiger partial charge in [-0.15, -0.1) is 24.8 Å². The Bertz CT molecular complexity index is 355. The molecule has 0 fully saturated rings. The maximum Gasteiger partial charge on any atom is 0.236 e. The highest BCUT2D eigenvalue weighted by Gasteiger charge is 2.06. The van der Waals surface area contributed by atoms with Gasteiger partial charge in [-0.2, -0.15) is 0 Å². The fraction of sp³-hybridized carbons (Fsp3) is 0.455. The molecule has 18 heavy (non-hydrogen) atoms. The van der Waals surface area contributed by atoms with Crippen LogP contribution < -0.4 is 16.0 Å². The van der Waals surface area contributed by atoms with E-state index in [1.165, 1.54) is 0 Å². The largest absolute Gasteiger partial charge is 0.363 e. The first-order valence-electron chi connectivity index (χ1n) is 5.16. The van der Waals surface area contributed by atoms with Crippen LogP contribution in [0.1, 0.15) is 12.5 Å². The van der Waals surface area contributed by atoms with Crippen molar-refractivity contribution in [3.63, 3.8) is 0 Å². The molecule has 5 nitrogen and oxygen atoms in total. The van der Waals surface area contributed by atoms with Gasteiger partial charge in [-0.3, -0.25) is 4.79 Å².